The average Bonchev–Trinajstić information content (AvgIpc) is 2.96. The summed E-state index contributed by atoms with van der Waals surface area (Å²) in [7, 11) is -4.03. The molecular formula is C30H29ClFN5O3S. The van der Waals surface area contributed by atoms with Gasteiger partial charge in [-0.3, -0.25) is 4.72 Å². The van der Waals surface area contributed by atoms with Crippen molar-refractivity contribution in [3.63, 3.8) is 0 Å². The lowest BCUT2D eigenvalue weighted by molar-refractivity contribution is 0.410. The second kappa shape index (κ2) is 12.3. The van der Waals surface area contributed by atoms with Gasteiger partial charge in [-0.05, 0) is 73.7 Å². The van der Waals surface area contributed by atoms with Crippen LogP contribution in [0.2, 0.25) is 5.02 Å². The van der Waals surface area contributed by atoms with E-state index in [-0.39, 0.29) is 33.4 Å². The molecule has 1 fully saturated rings. The molecule has 0 aliphatic heterocycles. The number of benzene rings is 3. The number of halogens is 2. The maximum Gasteiger partial charge on any atom is 0.263 e. The zero-order valence-corrected chi connectivity index (χ0v) is 23.6. The summed E-state index contributed by atoms with van der Waals surface area (Å²) in [5.41, 5.74) is 8.02. The molecule has 1 aliphatic carbocycles. The SMILES string of the molecule is C=Cc1ccc(-c2ccnc(NC3CCC(N)CC3)n2)c(Oc2ccc(NS(=O)(=O)c3ccccc3Cl)cc2F)c1. The van der Waals surface area contributed by atoms with Crippen molar-refractivity contribution >= 4 is 39.3 Å². The van der Waals surface area contributed by atoms with Crippen LogP contribution in [0, 0.1) is 5.82 Å². The first-order valence-corrected chi connectivity index (χ1v) is 14.9. The molecule has 0 spiro atoms. The third kappa shape index (κ3) is 6.84. The molecule has 1 heterocycles. The fourth-order valence-electron chi connectivity index (χ4n) is 4.62. The monoisotopic (exact) mass is 593 g/mol. The number of nitrogens with two attached hydrogens (primary N) is 1. The van der Waals surface area contributed by atoms with Gasteiger partial charge in [0.25, 0.3) is 10.0 Å². The van der Waals surface area contributed by atoms with Crippen LogP contribution in [0.5, 0.6) is 11.5 Å². The molecule has 41 heavy (non-hydrogen) atoms. The van der Waals surface area contributed by atoms with Crippen molar-refractivity contribution < 1.29 is 17.5 Å². The molecule has 5 rings (SSSR count). The Labute approximate surface area is 243 Å². The van der Waals surface area contributed by atoms with Crippen LogP contribution in [0.25, 0.3) is 17.3 Å². The molecule has 8 nitrogen and oxygen atoms in total. The third-order valence-electron chi connectivity index (χ3n) is 6.81. The number of nitrogens with zero attached hydrogens (tertiary/aromatic N) is 2. The highest BCUT2D eigenvalue weighted by atomic mass is 35.5. The van der Waals surface area contributed by atoms with E-state index in [1.165, 1.54) is 24.3 Å². The van der Waals surface area contributed by atoms with Gasteiger partial charge in [-0.2, -0.15) is 0 Å². The summed E-state index contributed by atoms with van der Waals surface area (Å²) in [4.78, 5) is 8.95. The van der Waals surface area contributed by atoms with Crippen LogP contribution >= 0.6 is 11.6 Å². The van der Waals surface area contributed by atoms with Gasteiger partial charge in [-0.25, -0.2) is 22.8 Å². The minimum absolute atomic E-state index is 0.0185. The van der Waals surface area contributed by atoms with Crippen LogP contribution in [-0.4, -0.2) is 30.5 Å². The van der Waals surface area contributed by atoms with E-state index >= 15 is 4.39 Å². The van der Waals surface area contributed by atoms with Gasteiger partial charge in [-0.1, -0.05) is 42.5 Å². The Morgan fingerprint density at radius 2 is 1.80 bits per heavy atom. The molecule has 212 valence electrons. The number of hydrogen-bond donors (Lipinski definition) is 3. The van der Waals surface area contributed by atoms with Crippen LogP contribution in [0.15, 0.2) is 84.4 Å². The smallest absolute Gasteiger partial charge is 0.263 e. The number of rotatable bonds is 9. The molecule has 0 bridgehead atoms. The van der Waals surface area contributed by atoms with Crippen LogP contribution in [0.4, 0.5) is 16.0 Å². The van der Waals surface area contributed by atoms with E-state index in [1.54, 1.807) is 36.5 Å². The summed E-state index contributed by atoms with van der Waals surface area (Å²) in [5.74, 6) is -0.0268. The second-order valence-corrected chi connectivity index (χ2v) is 11.8. The van der Waals surface area contributed by atoms with Crippen molar-refractivity contribution in [2.75, 3.05) is 10.0 Å². The van der Waals surface area contributed by atoms with Crippen molar-refractivity contribution in [2.24, 2.45) is 5.73 Å². The highest BCUT2D eigenvalue weighted by molar-refractivity contribution is 7.92. The topological polar surface area (TPSA) is 119 Å². The highest BCUT2D eigenvalue weighted by Gasteiger charge is 2.21. The fraction of sp³-hybridized carbons (Fsp3) is 0.200. The van der Waals surface area contributed by atoms with E-state index in [1.807, 2.05) is 12.1 Å². The van der Waals surface area contributed by atoms with E-state index in [0.29, 0.717) is 23.0 Å². The van der Waals surface area contributed by atoms with Crippen molar-refractivity contribution in [1.29, 1.82) is 0 Å². The molecule has 0 unspecified atom stereocenters. The number of hydrogen-bond acceptors (Lipinski definition) is 7. The van der Waals surface area contributed by atoms with Gasteiger partial charge >= 0.3 is 0 Å². The summed E-state index contributed by atoms with van der Waals surface area (Å²) in [5, 5.41) is 3.45. The van der Waals surface area contributed by atoms with E-state index in [9.17, 15) is 8.42 Å². The second-order valence-electron chi connectivity index (χ2n) is 9.76. The van der Waals surface area contributed by atoms with Gasteiger partial charge in [-0.15, -0.1) is 0 Å². The van der Waals surface area contributed by atoms with E-state index in [2.05, 4.69) is 26.6 Å². The first-order valence-electron chi connectivity index (χ1n) is 13.1. The van der Waals surface area contributed by atoms with Gasteiger partial charge < -0.3 is 15.8 Å². The number of ether oxygens (including phenoxy) is 1. The first kappa shape index (κ1) is 28.5. The lowest BCUT2D eigenvalue weighted by Gasteiger charge is -2.26. The standard InChI is InChI=1S/C30H29ClFN5O3S/c1-2-19-7-13-23(26-15-16-34-30(36-26)35-21-10-8-20(33)9-11-21)28(17-19)40-27-14-12-22(18-25(27)32)37-41(38,39)29-6-4-3-5-24(29)31/h2-7,12-18,20-21,37H,1,8-11,33H2,(H,34,35,36). The summed E-state index contributed by atoms with van der Waals surface area (Å²) < 4.78 is 49.1. The van der Waals surface area contributed by atoms with Crippen LogP contribution in [0.3, 0.4) is 0 Å². The Kier molecular flexibility index (Phi) is 8.53. The average molecular weight is 594 g/mol. The molecule has 3 aromatic carbocycles. The molecule has 1 aliphatic rings. The largest absolute Gasteiger partial charge is 0.454 e. The zero-order chi connectivity index (χ0) is 29.0. The Bertz CT molecular complexity index is 1680. The maximum atomic E-state index is 15.2. The van der Waals surface area contributed by atoms with E-state index < -0.39 is 15.8 Å². The third-order valence-corrected chi connectivity index (χ3v) is 8.69. The molecule has 0 atom stereocenters. The van der Waals surface area contributed by atoms with Gasteiger partial charge in [0.05, 0.1) is 16.4 Å². The molecule has 1 saturated carbocycles. The predicted octanol–water partition coefficient (Wildman–Crippen LogP) is 6.85. The molecule has 0 radical (unpaired) electrons. The Hall–Kier alpha value is -3.99. The molecule has 0 amide bonds. The normalized spacial score (nSPS) is 17.0. The van der Waals surface area contributed by atoms with Gasteiger partial charge in [0, 0.05) is 29.9 Å². The quantitative estimate of drug-likeness (QED) is 0.194. The Morgan fingerprint density at radius 3 is 2.54 bits per heavy atom. The van der Waals surface area contributed by atoms with Gasteiger partial charge in [0.15, 0.2) is 11.6 Å². The minimum atomic E-state index is -4.03. The van der Waals surface area contributed by atoms with Gasteiger partial charge in [0.1, 0.15) is 10.6 Å². The number of anilines is 2. The van der Waals surface area contributed by atoms with Gasteiger partial charge in [0.2, 0.25) is 5.95 Å². The fourth-order valence-corrected chi connectivity index (χ4v) is 6.19. The number of aromatic nitrogens is 2. The lowest BCUT2D eigenvalue weighted by atomic mass is 9.92. The molecule has 0 saturated heterocycles. The van der Waals surface area contributed by atoms with E-state index in [0.717, 1.165) is 37.3 Å². The Morgan fingerprint density at radius 1 is 1.02 bits per heavy atom. The molecule has 4 N–H and O–H groups in total. The van der Waals surface area contributed by atoms with Crippen LogP contribution in [-0.2, 0) is 10.0 Å². The summed E-state index contributed by atoms with van der Waals surface area (Å²) >= 11 is 6.04. The molecular weight excluding hydrogens is 565 g/mol. The van der Waals surface area contributed by atoms with Crippen LogP contribution < -0.4 is 20.5 Å². The highest BCUT2D eigenvalue weighted by Crippen LogP contribution is 2.36. The maximum absolute atomic E-state index is 15.2. The van der Waals surface area contributed by atoms with Crippen molar-refractivity contribution in [2.45, 2.75) is 42.7 Å². The molecule has 11 heteroatoms. The molecule has 1 aromatic heterocycles. The van der Waals surface area contributed by atoms with Crippen molar-refractivity contribution in [3.05, 3.63) is 95.9 Å². The summed E-state index contributed by atoms with van der Waals surface area (Å²) in [6, 6.07) is 17.4. The Balaban J connectivity index is 1.39. The van der Waals surface area contributed by atoms with E-state index in [4.69, 9.17) is 22.1 Å². The molecule has 4 aromatic rings. The minimum Gasteiger partial charge on any atom is -0.454 e. The van der Waals surface area contributed by atoms with Crippen molar-refractivity contribution in [1.82, 2.24) is 9.97 Å². The predicted molar refractivity (Wildman–Crippen MR) is 160 cm³/mol. The summed E-state index contributed by atoms with van der Waals surface area (Å²) in [6.07, 6.45) is 7.10. The number of sulfonamides is 1. The summed E-state index contributed by atoms with van der Waals surface area (Å²) in [6.45, 7) is 3.81. The zero-order valence-electron chi connectivity index (χ0n) is 22.1. The lowest BCUT2D eigenvalue weighted by Crippen LogP contribution is -2.33. The first-order chi connectivity index (χ1) is 19.7. The van der Waals surface area contributed by atoms with Crippen LogP contribution in [0.1, 0.15) is 31.2 Å². The number of nitrogens with one attached hydrogen (secondary N) is 2. The van der Waals surface area contributed by atoms with Crippen molar-refractivity contribution in [3.8, 4) is 22.8 Å².